The molecule has 140 valence electrons. The molecule has 1 fully saturated rings. The minimum Gasteiger partial charge on any atom is -0.352 e. The number of hydrogen-bond acceptors (Lipinski definition) is 3. The molecule has 0 bridgehead atoms. The molecule has 4 N–H and O–H groups in total. The highest BCUT2D eigenvalue weighted by Crippen LogP contribution is 2.21. The highest BCUT2D eigenvalue weighted by atomic mass is 16.2. The molecule has 0 aliphatic carbocycles. The largest absolute Gasteiger partial charge is 0.352 e. The zero-order valence-corrected chi connectivity index (χ0v) is 14.9. The van der Waals surface area contributed by atoms with E-state index in [1.807, 2.05) is 30.3 Å². The molecule has 1 heterocycles. The van der Waals surface area contributed by atoms with Gasteiger partial charge in [0.2, 0.25) is 5.91 Å². The Hall–Kier alpha value is -3.35. The van der Waals surface area contributed by atoms with Crippen molar-refractivity contribution in [2.75, 3.05) is 11.4 Å². The van der Waals surface area contributed by atoms with Crippen molar-refractivity contribution >= 4 is 23.5 Å². The van der Waals surface area contributed by atoms with E-state index in [1.54, 1.807) is 29.2 Å². The summed E-state index contributed by atoms with van der Waals surface area (Å²) in [5.41, 5.74) is 7.17. The second-order valence-corrected chi connectivity index (χ2v) is 6.41. The normalized spacial score (nSPS) is 16.7. The van der Waals surface area contributed by atoms with Crippen LogP contribution in [0.1, 0.15) is 28.8 Å². The van der Waals surface area contributed by atoms with E-state index in [4.69, 9.17) is 5.73 Å². The van der Waals surface area contributed by atoms with Crippen molar-refractivity contribution in [1.82, 2.24) is 10.6 Å². The topological polar surface area (TPSA) is 105 Å². The van der Waals surface area contributed by atoms with Crippen LogP contribution in [0.15, 0.2) is 54.6 Å². The number of piperidine rings is 1. The summed E-state index contributed by atoms with van der Waals surface area (Å²) in [6, 6.07) is 15.1. The van der Waals surface area contributed by atoms with E-state index >= 15 is 0 Å². The Morgan fingerprint density at radius 1 is 1.07 bits per heavy atom. The van der Waals surface area contributed by atoms with Gasteiger partial charge in [0.05, 0.1) is 0 Å². The third-order valence-electron chi connectivity index (χ3n) is 4.49. The zero-order valence-electron chi connectivity index (χ0n) is 14.9. The van der Waals surface area contributed by atoms with Crippen LogP contribution in [-0.2, 0) is 11.3 Å². The van der Waals surface area contributed by atoms with Gasteiger partial charge in [0.15, 0.2) is 0 Å². The number of hydrogen-bond donors (Lipinski definition) is 3. The lowest BCUT2D eigenvalue weighted by Crippen LogP contribution is -2.52. The number of rotatable bonds is 5. The van der Waals surface area contributed by atoms with E-state index in [0.717, 1.165) is 17.7 Å². The van der Waals surface area contributed by atoms with E-state index in [0.29, 0.717) is 25.1 Å². The van der Waals surface area contributed by atoms with Gasteiger partial charge in [0.1, 0.15) is 6.04 Å². The molecule has 1 atom stereocenters. The van der Waals surface area contributed by atoms with Gasteiger partial charge >= 0.3 is 6.03 Å². The maximum absolute atomic E-state index is 12.8. The summed E-state index contributed by atoms with van der Waals surface area (Å²) in [5.74, 6) is -0.388. The fourth-order valence-corrected chi connectivity index (χ4v) is 3.08. The fourth-order valence-electron chi connectivity index (χ4n) is 3.08. The molecular weight excluding hydrogens is 344 g/mol. The first-order valence-electron chi connectivity index (χ1n) is 8.84. The summed E-state index contributed by atoms with van der Waals surface area (Å²) in [5, 5.41) is 5.32. The lowest BCUT2D eigenvalue weighted by molar-refractivity contribution is -0.121. The van der Waals surface area contributed by atoms with Crippen LogP contribution in [0.2, 0.25) is 0 Å². The van der Waals surface area contributed by atoms with E-state index in [9.17, 15) is 14.4 Å². The van der Waals surface area contributed by atoms with Gasteiger partial charge in [0, 0.05) is 24.3 Å². The van der Waals surface area contributed by atoms with Crippen molar-refractivity contribution in [3.8, 4) is 0 Å². The molecule has 7 nitrogen and oxygen atoms in total. The quantitative estimate of drug-likeness (QED) is 0.751. The van der Waals surface area contributed by atoms with E-state index in [-0.39, 0.29) is 11.8 Å². The Bertz CT molecular complexity index is 821. The van der Waals surface area contributed by atoms with E-state index in [2.05, 4.69) is 10.6 Å². The molecule has 27 heavy (non-hydrogen) atoms. The Labute approximate surface area is 157 Å². The third-order valence-corrected chi connectivity index (χ3v) is 4.49. The van der Waals surface area contributed by atoms with Crippen LogP contribution < -0.4 is 21.3 Å². The summed E-state index contributed by atoms with van der Waals surface area (Å²) in [6.07, 6.45) is 1.44. The Morgan fingerprint density at radius 3 is 2.44 bits per heavy atom. The fraction of sp³-hybridized carbons (Fsp3) is 0.250. The summed E-state index contributed by atoms with van der Waals surface area (Å²) in [7, 11) is 0. The number of amides is 4. The number of carbonyl (C=O) groups excluding carboxylic acids is 3. The molecule has 1 aliphatic heterocycles. The molecule has 2 aromatic carbocycles. The van der Waals surface area contributed by atoms with Crippen molar-refractivity contribution in [2.45, 2.75) is 25.4 Å². The molecule has 4 amide bonds. The molecule has 2 aromatic rings. The zero-order chi connectivity index (χ0) is 19.2. The maximum Gasteiger partial charge on any atom is 0.312 e. The van der Waals surface area contributed by atoms with Gasteiger partial charge in [-0.1, -0.05) is 30.3 Å². The minimum absolute atomic E-state index is 0.0944. The number of benzene rings is 2. The molecule has 7 heteroatoms. The molecule has 1 unspecified atom stereocenters. The van der Waals surface area contributed by atoms with Crippen LogP contribution >= 0.6 is 0 Å². The highest BCUT2D eigenvalue weighted by molar-refractivity contribution is 6.02. The first-order chi connectivity index (χ1) is 13.0. The van der Waals surface area contributed by atoms with Gasteiger partial charge in [-0.25, -0.2) is 4.79 Å². The van der Waals surface area contributed by atoms with Crippen LogP contribution in [0.3, 0.4) is 0 Å². The van der Waals surface area contributed by atoms with Gasteiger partial charge in [-0.3, -0.25) is 9.59 Å². The molecule has 0 aromatic heterocycles. The van der Waals surface area contributed by atoms with Crippen LogP contribution in [0.4, 0.5) is 10.5 Å². The highest BCUT2D eigenvalue weighted by Gasteiger charge is 2.30. The second-order valence-electron chi connectivity index (χ2n) is 6.41. The molecular formula is C20H22N4O3. The maximum atomic E-state index is 12.8. The first kappa shape index (κ1) is 18.4. The molecule has 1 aliphatic rings. The van der Waals surface area contributed by atoms with E-state index in [1.165, 1.54) is 0 Å². The minimum atomic E-state index is -0.601. The predicted octanol–water partition coefficient (Wildman–Crippen LogP) is 1.78. The summed E-state index contributed by atoms with van der Waals surface area (Å²) < 4.78 is 0. The average Bonchev–Trinajstić information content (AvgIpc) is 2.69. The molecule has 0 radical (unpaired) electrons. The summed E-state index contributed by atoms with van der Waals surface area (Å²) >= 11 is 0. The number of urea groups is 1. The SMILES string of the molecule is NC(=O)NCc1ccc(C(=O)NC2CCCN(c3ccccc3)C2=O)cc1. The third kappa shape index (κ3) is 4.63. The number of anilines is 1. The monoisotopic (exact) mass is 366 g/mol. The van der Waals surface area contributed by atoms with Crippen molar-refractivity contribution in [2.24, 2.45) is 5.73 Å². The number of nitrogens with zero attached hydrogens (tertiary/aromatic N) is 1. The number of carbonyl (C=O) groups is 3. The molecule has 0 spiro atoms. The average molecular weight is 366 g/mol. The lowest BCUT2D eigenvalue weighted by atomic mass is 10.0. The summed E-state index contributed by atoms with van der Waals surface area (Å²) in [6.45, 7) is 0.946. The first-order valence-corrected chi connectivity index (χ1v) is 8.84. The van der Waals surface area contributed by atoms with Gasteiger partial charge in [-0.2, -0.15) is 0 Å². The number of primary amides is 1. The van der Waals surface area contributed by atoms with Gasteiger partial charge in [-0.05, 0) is 42.7 Å². The predicted molar refractivity (Wildman–Crippen MR) is 102 cm³/mol. The Kier molecular flexibility index (Phi) is 5.71. The number of para-hydroxylation sites is 1. The van der Waals surface area contributed by atoms with Crippen LogP contribution in [0.5, 0.6) is 0 Å². The van der Waals surface area contributed by atoms with Crippen LogP contribution in [-0.4, -0.2) is 30.4 Å². The lowest BCUT2D eigenvalue weighted by Gasteiger charge is -2.32. The molecule has 1 saturated heterocycles. The summed E-state index contributed by atoms with van der Waals surface area (Å²) in [4.78, 5) is 37.7. The second kappa shape index (κ2) is 8.35. The Balaban J connectivity index is 1.63. The number of nitrogens with two attached hydrogens (primary N) is 1. The standard InChI is InChI=1S/C20H22N4O3/c21-20(27)22-13-14-8-10-15(11-9-14)18(25)23-17-7-4-12-24(19(17)26)16-5-2-1-3-6-16/h1-3,5-6,8-11,17H,4,7,12-13H2,(H,23,25)(H3,21,22,27). The smallest absolute Gasteiger partial charge is 0.312 e. The van der Waals surface area contributed by atoms with Gasteiger partial charge in [0.25, 0.3) is 5.91 Å². The Morgan fingerprint density at radius 2 is 1.78 bits per heavy atom. The number of nitrogens with one attached hydrogen (secondary N) is 2. The molecule has 3 rings (SSSR count). The van der Waals surface area contributed by atoms with Crippen LogP contribution in [0.25, 0.3) is 0 Å². The van der Waals surface area contributed by atoms with Crippen molar-refractivity contribution in [3.63, 3.8) is 0 Å². The van der Waals surface area contributed by atoms with Gasteiger partial charge in [-0.15, -0.1) is 0 Å². The molecule has 0 saturated carbocycles. The van der Waals surface area contributed by atoms with Crippen LogP contribution in [0, 0.1) is 0 Å². The van der Waals surface area contributed by atoms with Gasteiger partial charge < -0.3 is 21.3 Å². The van der Waals surface area contributed by atoms with Crippen molar-refractivity contribution in [3.05, 3.63) is 65.7 Å². The van der Waals surface area contributed by atoms with Crippen molar-refractivity contribution < 1.29 is 14.4 Å². The van der Waals surface area contributed by atoms with E-state index < -0.39 is 12.1 Å². The van der Waals surface area contributed by atoms with Crippen molar-refractivity contribution in [1.29, 1.82) is 0 Å².